The third-order valence-electron chi connectivity index (χ3n) is 3.48. The summed E-state index contributed by atoms with van der Waals surface area (Å²) < 4.78 is 22.9. The van der Waals surface area contributed by atoms with Crippen LogP contribution >= 0.6 is 0 Å². The zero-order chi connectivity index (χ0) is 15.0. The van der Waals surface area contributed by atoms with E-state index in [2.05, 4.69) is 27.7 Å². The molecule has 0 saturated heterocycles. The van der Waals surface area contributed by atoms with Gasteiger partial charge in [-0.15, -0.1) is 0 Å². The molecule has 1 rings (SSSR count). The Bertz CT molecular complexity index is 562. The summed E-state index contributed by atoms with van der Waals surface area (Å²) in [5.41, 5.74) is 6.94. The SMILES string of the molecule is CC(N(C)c1cc(N)cc(S(N)(=O)=O)c1)C(C)(C)C. The summed E-state index contributed by atoms with van der Waals surface area (Å²) >= 11 is 0. The van der Waals surface area contributed by atoms with Gasteiger partial charge in [-0.05, 0) is 30.5 Å². The fourth-order valence-corrected chi connectivity index (χ4v) is 2.36. The molecule has 1 aromatic carbocycles. The smallest absolute Gasteiger partial charge is 0.238 e. The first-order chi connectivity index (χ1) is 8.43. The average molecular weight is 285 g/mol. The highest BCUT2D eigenvalue weighted by molar-refractivity contribution is 7.89. The summed E-state index contributed by atoms with van der Waals surface area (Å²) in [7, 11) is -1.83. The maximum Gasteiger partial charge on any atom is 0.238 e. The van der Waals surface area contributed by atoms with Crippen molar-refractivity contribution in [1.82, 2.24) is 0 Å². The van der Waals surface area contributed by atoms with E-state index in [0.29, 0.717) is 5.69 Å². The Morgan fingerprint density at radius 1 is 1.21 bits per heavy atom. The number of sulfonamides is 1. The molecule has 0 fully saturated rings. The summed E-state index contributed by atoms with van der Waals surface area (Å²) in [5.74, 6) is 0. The molecule has 1 unspecified atom stereocenters. The summed E-state index contributed by atoms with van der Waals surface area (Å²) in [5, 5.41) is 5.15. The largest absolute Gasteiger partial charge is 0.399 e. The number of nitrogens with two attached hydrogens (primary N) is 2. The Balaban J connectivity index is 3.26. The molecule has 0 saturated carbocycles. The molecule has 5 nitrogen and oxygen atoms in total. The molecule has 4 N–H and O–H groups in total. The monoisotopic (exact) mass is 285 g/mol. The van der Waals surface area contributed by atoms with Gasteiger partial charge in [0.15, 0.2) is 0 Å². The third kappa shape index (κ3) is 3.84. The Hall–Kier alpha value is -1.27. The van der Waals surface area contributed by atoms with E-state index in [4.69, 9.17) is 10.9 Å². The summed E-state index contributed by atoms with van der Waals surface area (Å²) in [6.07, 6.45) is 0. The highest BCUT2D eigenvalue weighted by atomic mass is 32.2. The van der Waals surface area contributed by atoms with Crippen LogP contribution in [0.3, 0.4) is 0 Å². The van der Waals surface area contributed by atoms with Gasteiger partial charge in [0.05, 0.1) is 4.90 Å². The van der Waals surface area contributed by atoms with Gasteiger partial charge in [-0.2, -0.15) is 0 Å². The molecule has 0 spiro atoms. The van der Waals surface area contributed by atoms with Gasteiger partial charge in [0.1, 0.15) is 0 Å². The quantitative estimate of drug-likeness (QED) is 0.828. The van der Waals surface area contributed by atoms with E-state index in [1.54, 1.807) is 12.1 Å². The highest BCUT2D eigenvalue weighted by Gasteiger charge is 2.25. The van der Waals surface area contributed by atoms with Gasteiger partial charge in [-0.3, -0.25) is 0 Å². The molecule has 0 aliphatic rings. The molecular formula is C13H23N3O2S. The van der Waals surface area contributed by atoms with Crippen LogP contribution < -0.4 is 15.8 Å². The second-order valence-corrected chi connectivity index (χ2v) is 7.52. The first-order valence-electron chi connectivity index (χ1n) is 6.09. The van der Waals surface area contributed by atoms with E-state index < -0.39 is 10.0 Å². The summed E-state index contributed by atoms with van der Waals surface area (Å²) in [6.45, 7) is 8.46. The van der Waals surface area contributed by atoms with Crippen LogP contribution in [0.1, 0.15) is 27.7 Å². The van der Waals surface area contributed by atoms with Crippen LogP contribution in [0.15, 0.2) is 23.1 Å². The van der Waals surface area contributed by atoms with E-state index in [0.717, 1.165) is 5.69 Å². The van der Waals surface area contributed by atoms with Gasteiger partial charge in [-0.25, -0.2) is 13.6 Å². The minimum Gasteiger partial charge on any atom is -0.399 e. The first-order valence-corrected chi connectivity index (χ1v) is 7.64. The van der Waals surface area contributed by atoms with Crippen molar-refractivity contribution >= 4 is 21.4 Å². The Morgan fingerprint density at radius 3 is 2.16 bits per heavy atom. The number of nitrogens with zero attached hydrogens (tertiary/aromatic N) is 1. The fourth-order valence-electron chi connectivity index (χ4n) is 1.78. The fraction of sp³-hybridized carbons (Fsp3) is 0.538. The molecule has 108 valence electrons. The summed E-state index contributed by atoms with van der Waals surface area (Å²) in [6, 6.07) is 4.88. The normalized spacial score (nSPS) is 14.2. The van der Waals surface area contributed by atoms with Gasteiger partial charge in [0.2, 0.25) is 10.0 Å². The number of anilines is 2. The molecule has 0 radical (unpaired) electrons. The summed E-state index contributed by atoms with van der Waals surface area (Å²) in [4.78, 5) is 2.04. The van der Waals surface area contributed by atoms with Crippen LogP contribution in [0.2, 0.25) is 0 Å². The van der Waals surface area contributed by atoms with Crippen molar-refractivity contribution in [1.29, 1.82) is 0 Å². The highest BCUT2D eigenvalue weighted by Crippen LogP contribution is 2.29. The van der Waals surface area contributed by atoms with Gasteiger partial charge >= 0.3 is 0 Å². The molecule has 19 heavy (non-hydrogen) atoms. The van der Waals surface area contributed by atoms with Gasteiger partial charge in [0.25, 0.3) is 0 Å². The van der Waals surface area contributed by atoms with Crippen LogP contribution in [0.25, 0.3) is 0 Å². The Kier molecular flexibility index (Phi) is 4.17. The van der Waals surface area contributed by atoms with E-state index in [1.165, 1.54) is 6.07 Å². The lowest BCUT2D eigenvalue weighted by Gasteiger charge is -2.37. The number of hydrogen-bond donors (Lipinski definition) is 2. The zero-order valence-corrected chi connectivity index (χ0v) is 13.0. The van der Waals surface area contributed by atoms with E-state index >= 15 is 0 Å². The number of primary sulfonamides is 1. The van der Waals surface area contributed by atoms with Crippen molar-refractivity contribution in [2.75, 3.05) is 17.7 Å². The van der Waals surface area contributed by atoms with Crippen LogP contribution in [0.5, 0.6) is 0 Å². The maximum atomic E-state index is 11.4. The topological polar surface area (TPSA) is 89.4 Å². The van der Waals surface area contributed by atoms with Gasteiger partial charge in [-0.1, -0.05) is 20.8 Å². The Morgan fingerprint density at radius 2 is 1.74 bits per heavy atom. The van der Waals surface area contributed by atoms with Gasteiger partial charge < -0.3 is 10.6 Å². The third-order valence-corrected chi connectivity index (χ3v) is 4.38. The van der Waals surface area contributed by atoms with Crippen molar-refractivity contribution in [3.05, 3.63) is 18.2 Å². The van der Waals surface area contributed by atoms with Crippen molar-refractivity contribution in [3.8, 4) is 0 Å². The Labute approximate surface area is 115 Å². The molecular weight excluding hydrogens is 262 g/mol. The van der Waals surface area contributed by atoms with E-state index in [1.807, 2.05) is 11.9 Å². The van der Waals surface area contributed by atoms with Crippen LogP contribution in [0, 0.1) is 5.41 Å². The average Bonchev–Trinajstić information content (AvgIpc) is 2.23. The molecule has 0 bridgehead atoms. The van der Waals surface area contributed by atoms with Crippen LogP contribution in [0.4, 0.5) is 11.4 Å². The molecule has 0 aliphatic carbocycles. The van der Waals surface area contributed by atoms with Crippen LogP contribution in [-0.2, 0) is 10.0 Å². The predicted octanol–water partition coefficient (Wildman–Crippen LogP) is 1.79. The molecule has 1 atom stereocenters. The molecule has 1 aromatic rings. The van der Waals surface area contributed by atoms with Crippen molar-refractivity contribution in [2.45, 2.75) is 38.6 Å². The first kappa shape index (κ1) is 15.8. The predicted molar refractivity (Wildman–Crippen MR) is 79.5 cm³/mol. The second kappa shape index (κ2) is 5.02. The lowest BCUT2D eigenvalue weighted by atomic mass is 9.87. The molecule has 0 aromatic heterocycles. The number of nitrogen functional groups attached to an aromatic ring is 1. The minimum absolute atomic E-state index is 0.0375. The van der Waals surface area contributed by atoms with Crippen molar-refractivity contribution < 1.29 is 8.42 Å². The number of benzene rings is 1. The number of rotatable bonds is 3. The van der Waals surface area contributed by atoms with Gasteiger partial charge in [0, 0.05) is 24.5 Å². The lowest BCUT2D eigenvalue weighted by Crippen LogP contribution is -2.39. The van der Waals surface area contributed by atoms with E-state index in [-0.39, 0.29) is 16.4 Å². The lowest BCUT2D eigenvalue weighted by molar-refractivity contribution is 0.329. The number of hydrogen-bond acceptors (Lipinski definition) is 4. The zero-order valence-electron chi connectivity index (χ0n) is 12.1. The standard InChI is InChI=1S/C13H23N3O2S/c1-9(13(2,3)4)16(5)11-6-10(14)7-12(8-11)19(15,17)18/h6-9H,14H2,1-5H3,(H2,15,17,18). The van der Waals surface area contributed by atoms with E-state index in [9.17, 15) is 8.42 Å². The second-order valence-electron chi connectivity index (χ2n) is 5.96. The van der Waals surface area contributed by atoms with Crippen LogP contribution in [-0.4, -0.2) is 21.5 Å². The molecule has 0 amide bonds. The maximum absolute atomic E-state index is 11.4. The molecule has 0 aliphatic heterocycles. The molecule has 6 heteroatoms. The minimum atomic E-state index is -3.75. The molecule has 0 heterocycles. The van der Waals surface area contributed by atoms with Crippen molar-refractivity contribution in [3.63, 3.8) is 0 Å². The van der Waals surface area contributed by atoms with Crippen molar-refractivity contribution in [2.24, 2.45) is 10.6 Å².